The Labute approximate surface area is 116 Å². The number of hydrogen-bond donors (Lipinski definition) is 1. The highest BCUT2D eigenvalue weighted by Gasteiger charge is 2.23. The van der Waals surface area contributed by atoms with E-state index in [1.807, 2.05) is 0 Å². The van der Waals surface area contributed by atoms with Crippen molar-refractivity contribution in [3.63, 3.8) is 0 Å². The van der Waals surface area contributed by atoms with E-state index in [2.05, 4.69) is 4.98 Å². The molecule has 0 aliphatic carbocycles. The lowest BCUT2D eigenvalue weighted by Crippen LogP contribution is -2.01. The second-order valence-electron chi connectivity index (χ2n) is 3.53. The van der Waals surface area contributed by atoms with Gasteiger partial charge in [0.1, 0.15) is 44.9 Å². The fourth-order valence-corrected chi connectivity index (χ4v) is 1.82. The van der Waals surface area contributed by atoms with Crippen LogP contribution in [0.3, 0.4) is 0 Å². The second-order valence-corrected chi connectivity index (χ2v) is 3.89. The van der Waals surface area contributed by atoms with E-state index in [1.54, 1.807) is 12.1 Å². The van der Waals surface area contributed by atoms with Crippen molar-refractivity contribution < 1.29 is 9.34 Å². The van der Waals surface area contributed by atoms with E-state index in [0.717, 1.165) is 6.07 Å². The number of nitrogens with zero attached hydrogens (tertiary/aromatic N) is 4. The molecule has 8 nitrogen and oxygen atoms in total. The molecule has 0 aliphatic heterocycles. The maximum Gasteiger partial charge on any atom is 0.433 e. The minimum atomic E-state index is -0.742. The Balaban J connectivity index is 2.81. The fourth-order valence-electron chi connectivity index (χ4n) is 1.60. The summed E-state index contributed by atoms with van der Waals surface area (Å²) >= 11 is 5.78. The molecule has 0 aliphatic rings. The van der Waals surface area contributed by atoms with Crippen LogP contribution < -0.4 is 5.73 Å². The number of furan rings is 1. The number of nitro groups is 1. The molecule has 0 saturated heterocycles. The van der Waals surface area contributed by atoms with Gasteiger partial charge in [-0.3, -0.25) is 10.1 Å². The van der Waals surface area contributed by atoms with Crippen molar-refractivity contribution in [2.24, 2.45) is 0 Å². The molecule has 0 aromatic carbocycles. The van der Waals surface area contributed by atoms with E-state index in [-0.39, 0.29) is 33.4 Å². The molecule has 2 N–H and O–H groups in total. The minimum absolute atomic E-state index is 0.0133. The number of nitriles is 2. The van der Waals surface area contributed by atoms with Gasteiger partial charge in [-0.1, -0.05) is 11.6 Å². The number of nitrogen functional groups attached to an aromatic ring is 1. The molecule has 0 spiro atoms. The summed E-state index contributed by atoms with van der Waals surface area (Å²) in [7, 11) is 0. The quantitative estimate of drug-likeness (QED) is 0.507. The predicted octanol–water partition coefficient (Wildman–Crippen LogP) is 2.23. The van der Waals surface area contributed by atoms with E-state index >= 15 is 0 Å². The maximum absolute atomic E-state index is 10.6. The minimum Gasteiger partial charge on any atom is -0.401 e. The third kappa shape index (κ3) is 2.00. The second kappa shape index (κ2) is 4.88. The van der Waals surface area contributed by atoms with Crippen molar-refractivity contribution in [3.05, 3.63) is 38.5 Å². The molecule has 20 heavy (non-hydrogen) atoms. The highest BCUT2D eigenvalue weighted by atomic mass is 35.5. The zero-order valence-electron chi connectivity index (χ0n) is 9.62. The Kier molecular flexibility index (Phi) is 3.25. The Morgan fingerprint density at radius 2 is 2.00 bits per heavy atom. The molecule has 2 aromatic rings. The first-order valence-electron chi connectivity index (χ1n) is 5.03. The van der Waals surface area contributed by atoms with Crippen LogP contribution >= 0.6 is 11.6 Å². The van der Waals surface area contributed by atoms with Crippen molar-refractivity contribution >= 4 is 23.3 Å². The van der Waals surface area contributed by atoms with Gasteiger partial charge in [-0.2, -0.15) is 10.5 Å². The topological polar surface area (TPSA) is 143 Å². The molecule has 98 valence electrons. The van der Waals surface area contributed by atoms with Crippen LogP contribution in [-0.4, -0.2) is 9.91 Å². The zero-order valence-corrected chi connectivity index (χ0v) is 10.4. The van der Waals surface area contributed by atoms with E-state index in [0.29, 0.717) is 0 Å². The molecule has 2 heterocycles. The van der Waals surface area contributed by atoms with Crippen molar-refractivity contribution in [2.45, 2.75) is 0 Å². The summed E-state index contributed by atoms with van der Waals surface area (Å²) in [5.74, 6) is -0.773. The molecule has 0 bridgehead atoms. The number of pyridine rings is 1. The van der Waals surface area contributed by atoms with Crippen molar-refractivity contribution in [1.29, 1.82) is 10.5 Å². The molecule has 9 heteroatoms. The lowest BCUT2D eigenvalue weighted by atomic mass is 10.0. The standard InChI is InChI=1S/C11H4ClN5O3/c12-10-5(3-13)9(6(4-14)11(15)16-10)7-1-2-8(20-7)17(18)19/h1-2H,(H2,15,16). The van der Waals surface area contributed by atoms with Crippen LogP contribution in [0, 0.1) is 32.8 Å². The van der Waals surface area contributed by atoms with Crippen LogP contribution in [-0.2, 0) is 0 Å². The van der Waals surface area contributed by atoms with Crippen LogP contribution in [0.15, 0.2) is 16.5 Å². The third-order valence-electron chi connectivity index (χ3n) is 2.42. The molecule has 0 radical (unpaired) electrons. The smallest absolute Gasteiger partial charge is 0.401 e. The van der Waals surface area contributed by atoms with Gasteiger partial charge in [0.15, 0.2) is 0 Å². The Bertz CT molecular complexity index is 761. The summed E-state index contributed by atoms with van der Waals surface area (Å²) in [6, 6.07) is 5.90. The van der Waals surface area contributed by atoms with Gasteiger partial charge < -0.3 is 10.2 Å². The summed E-state index contributed by atoms with van der Waals surface area (Å²) in [5.41, 5.74) is 5.28. The molecular weight excluding hydrogens is 286 g/mol. The van der Waals surface area contributed by atoms with E-state index in [9.17, 15) is 10.1 Å². The van der Waals surface area contributed by atoms with E-state index in [1.165, 1.54) is 6.07 Å². The number of halogens is 1. The summed E-state index contributed by atoms with van der Waals surface area (Å²) < 4.78 is 4.98. The van der Waals surface area contributed by atoms with Gasteiger partial charge in [0, 0.05) is 0 Å². The first-order chi connectivity index (χ1) is 9.49. The molecule has 2 rings (SSSR count). The number of rotatable bonds is 2. The largest absolute Gasteiger partial charge is 0.433 e. The molecule has 0 unspecified atom stereocenters. The lowest BCUT2D eigenvalue weighted by molar-refractivity contribution is -0.401. The number of nitrogens with two attached hydrogens (primary N) is 1. The predicted molar refractivity (Wildman–Crippen MR) is 67.4 cm³/mol. The first-order valence-corrected chi connectivity index (χ1v) is 5.41. The van der Waals surface area contributed by atoms with Gasteiger partial charge in [0.05, 0.1) is 11.6 Å². The number of anilines is 1. The third-order valence-corrected chi connectivity index (χ3v) is 2.70. The highest BCUT2D eigenvalue weighted by Crippen LogP contribution is 2.35. The lowest BCUT2D eigenvalue weighted by Gasteiger charge is -2.06. The summed E-state index contributed by atoms with van der Waals surface area (Å²) in [5, 5.41) is 28.6. The van der Waals surface area contributed by atoms with Crippen molar-refractivity contribution in [2.75, 3.05) is 5.73 Å². The average Bonchev–Trinajstić information content (AvgIpc) is 2.87. The van der Waals surface area contributed by atoms with Crippen LogP contribution in [0.2, 0.25) is 5.15 Å². The van der Waals surface area contributed by atoms with Crippen LogP contribution in [0.5, 0.6) is 0 Å². The molecular formula is C11H4ClN5O3. The molecule has 2 aromatic heterocycles. The average molecular weight is 290 g/mol. The Hall–Kier alpha value is -3.10. The first kappa shape index (κ1) is 13.3. The van der Waals surface area contributed by atoms with Crippen LogP contribution in [0.25, 0.3) is 11.3 Å². The van der Waals surface area contributed by atoms with Gasteiger partial charge in [0.2, 0.25) is 0 Å². The van der Waals surface area contributed by atoms with Gasteiger partial charge in [-0.15, -0.1) is 0 Å². The molecule has 0 saturated carbocycles. The molecule has 0 amide bonds. The van der Waals surface area contributed by atoms with Crippen molar-refractivity contribution in [3.8, 4) is 23.5 Å². The maximum atomic E-state index is 10.6. The normalized spacial score (nSPS) is 9.75. The van der Waals surface area contributed by atoms with E-state index in [4.69, 9.17) is 32.3 Å². The Morgan fingerprint density at radius 1 is 1.35 bits per heavy atom. The fraction of sp³-hybridized carbons (Fsp3) is 0. The summed E-state index contributed by atoms with van der Waals surface area (Å²) in [6.07, 6.45) is 0. The Morgan fingerprint density at radius 3 is 2.50 bits per heavy atom. The summed E-state index contributed by atoms with van der Waals surface area (Å²) in [6.45, 7) is 0. The zero-order chi connectivity index (χ0) is 14.9. The van der Waals surface area contributed by atoms with Crippen LogP contribution in [0.4, 0.5) is 11.7 Å². The monoisotopic (exact) mass is 289 g/mol. The van der Waals surface area contributed by atoms with Crippen molar-refractivity contribution in [1.82, 2.24) is 4.98 Å². The SMILES string of the molecule is N#Cc1c(N)nc(Cl)c(C#N)c1-c1ccc([N+](=O)[O-])o1. The molecule has 0 fully saturated rings. The summed E-state index contributed by atoms with van der Waals surface area (Å²) in [4.78, 5) is 13.5. The van der Waals surface area contributed by atoms with Gasteiger partial charge in [-0.25, -0.2) is 4.98 Å². The van der Waals surface area contributed by atoms with Crippen LogP contribution in [0.1, 0.15) is 11.1 Å². The number of aromatic nitrogens is 1. The molecule has 0 atom stereocenters. The highest BCUT2D eigenvalue weighted by molar-refractivity contribution is 6.31. The van der Waals surface area contributed by atoms with Gasteiger partial charge in [0.25, 0.3) is 0 Å². The van der Waals surface area contributed by atoms with Gasteiger partial charge in [-0.05, 0) is 6.07 Å². The number of hydrogen-bond acceptors (Lipinski definition) is 7. The van der Waals surface area contributed by atoms with E-state index < -0.39 is 10.8 Å². The van der Waals surface area contributed by atoms with Gasteiger partial charge >= 0.3 is 5.88 Å².